The molecule has 3 aliphatic rings. The molecule has 5 atom stereocenters. The van der Waals surface area contributed by atoms with Crippen LogP contribution < -0.4 is 5.32 Å². The predicted molar refractivity (Wildman–Crippen MR) is 114 cm³/mol. The molecule has 2 aliphatic carbocycles. The Hall–Kier alpha value is -2.07. The third kappa shape index (κ3) is 2.58. The van der Waals surface area contributed by atoms with Crippen LogP contribution in [0.25, 0.3) is 10.8 Å². The van der Waals surface area contributed by atoms with E-state index in [4.69, 9.17) is 4.74 Å². The lowest BCUT2D eigenvalue weighted by Gasteiger charge is -2.53. The molecular formula is C25H31NO3. The highest BCUT2D eigenvalue weighted by Gasteiger charge is 2.68. The Morgan fingerprint density at radius 1 is 1.24 bits per heavy atom. The lowest BCUT2D eigenvalue weighted by molar-refractivity contribution is -0.137. The Balaban J connectivity index is 1.60. The van der Waals surface area contributed by atoms with Crippen molar-refractivity contribution in [1.29, 1.82) is 0 Å². The van der Waals surface area contributed by atoms with E-state index in [1.807, 2.05) is 25.1 Å². The average Bonchev–Trinajstić information content (AvgIpc) is 3.20. The predicted octanol–water partition coefficient (Wildman–Crippen LogP) is 4.95. The molecular weight excluding hydrogens is 362 g/mol. The quantitative estimate of drug-likeness (QED) is 0.775. The second kappa shape index (κ2) is 6.46. The minimum atomic E-state index is -0.128. The summed E-state index contributed by atoms with van der Waals surface area (Å²) < 4.78 is 6.39. The maximum Gasteiger partial charge on any atom is 0.219 e. The molecule has 2 bridgehead atoms. The fraction of sp³-hybridized carbons (Fsp3) is 0.560. The van der Waals surface area contributed by atoms with Crippen LogP contribution in [0.15, 0.2) is 36.4 Å². The van der Waals surface area contributed by atoms with Gasteiger partial charge in [-0.05, 0) is 58.8 Å². The van der Waals surface area contributed by atoms with Crippen molar-refractivity contribution in [2.45, 2.75) is 58.6 Å². The van der Waals surface area contributed by atoms with Gasteiger partial charge in [0.2, 0.25) is 5.91 Å². The zero-order valence-electron chi connectivity index (χ0n) is 17.6. The van der Waals surface area contributed by atoms with E-state index >= 15 is 0 Å². The Bertz CT molecular complexity index is 968. The SMILES string of the molecule is CCC(=O)N[C@H]1C(C)(C)[C@@H]2C[C@@H]3[C@@H](c4c(O)ccc5ccccc45)OCC[C@@]31C2. The fourth-order valence-electron chi connectivity index (χ4n) is 6.92. The van der Waals surface area contributed by atoms with E-state index < -0.39 is 0 Å². The topological polar surface area (TPSA) is 58.6 Å². The molecule has 2 aromatic carbocycles. The average molecular weight is 394 g/mol. The Labute approximate surface area is 172 Å². The number of benzene rings is 2. The summed E-state index contributed by atoms with van der Waals surface area (Å²) >= 11 is 0. The Morgan fingerprint density at radius 3 is 2.83 bits per heavy atom. The number of aromatic hydroxyl groups is 1. The minimum Gasteiger partial charge on any atom is -0.508 e. The van der Waals surface area contributed by atoms with Crippen LogP contribution in [0.2, 0.25) is 0 Å². The van der Waals surface area contributed by atoms with E-state index in [9.17, 15) is 9.90 Å². The van der Waals surface area contributed by atoms with Gasteiger partial charge in [0.05, 0.1) is 6.10 Å². The van der Waals surface area contributed by atoms with Gasteiger partial charge in [-0.3, -0.25) is 4.79 Å². The van der Waals surface area contributed by atoms with Crippen LogP contribution in [-0.2, 0) is 9.53 Å². The fourth-order valence-corrected chi connectivity index (χ4v) is 6.92. The minimum absolute atomic E-state index is 0.0469. The largest absolute Gasteiger partial charge is 0.508 e. The second-order valence-electron chi connectivity index (χ2n) is 9.91. The number of rotatable bonds is 3. The van der Waals surface area contributed by atoms with Crippen molar-refractivity contribution in [2.24, 2.45) is 22.7 Å². The number of carbonyl (C=O) groups is 1. The third-order valence-corrected chi connectivity index (χ3v) is 8.36. The maximum absolute atomic E-state index is 12.4. The van der Waals surface area contributed by atoms with E-state index in [0.29, 0.717) is 30.6 Å². The molecule has 2 N–H and O–H groups in total. The summed E-state index contributed by atoms with van der Waals surface area (Å²) in [6, 6.07) is 12.2. The van der Waals surface area contributed by atoms with Gasteiger partial charge in [-0.2, -0.15) is 0 Å². The van der Waals surface area contributed by atoms with Crippen LogP contribution in [0.1, 0.15) is 58.1 Å². The first-order chi connectivity index (χ1) is 13.9. The van der Waals surface area contributed by atoms with Gasteiger partial charge in [0.15, 0.2) is 0 Å². The summed E-state index contributed by atoms with van der Waals surface area (Å²) in [6.45, 7) is 7.24. The highest BCUT2D eigenvalue weighted by atomic mass is 16.5. The molecule has 3 fully saturated rings. The van der Waals surface area contributed by atoms with Gasteiger partial charge in [-0.15, -0.1) is 0 Å². The molecule has 1 aliphatic heterocycles. The van der Waals surface area contributed by atoms with Gasteiger partial charge < -0.3 is 15.2 Å². The molecule has 1 amide bonds. The molecule has 0 unspecified atom stereocenters. The van der Waals surface area contributed by atoms with E-state index in [2.05, 4.69) is 31.3 Å². The van der Waals surface area contributed by atoms with Crippen molar-refractivity contribution in [1.82, 2.24) is 5.32 Å². The number of phenolic OH excluding ortho intramolecular Hbond substituents is 1. The van der Waals surface area contributed by atoms with Gasteiger partial charge in [-0.25, -0.2) is 0 Å². The zero-order chi connectivity index (χ0) is 20.4. The molecule has 0 aromatic heterocycles. The molecule has 154 valence electrons. The standard InChI is InChI=1S/C25H31NO3/c1-4-20(28)26-23-24(2,3)16-13-18-22(29-12-11-25(18,23)14-16)21-17-8-6-5-7-15(17)9-10-19(21)27/h5-10,16,18,22-23,27H,4,11-14H2,1-3H3,(H,26,28)/t16-,18-,22+,23+,25-/m1/s1. The monoisotopic (exact) mass is 393 g/mol. The summed E-state index contributed by atoms with van der Waals surface area (Å²) in [4.78, 5) is 12.4. The number of phenols is 1. The second-order valence-corrected chi connectivity index (χ2v) is 9.91. The van der Waals surface area contributed by atoms with Crippen molar-refractivity contribution >= 4 is 16.7 Å². The number of carbonyl (C=O) groups excluding carboxylic acids is 1. The van der Waals surface area contributed by atoms with Crippen LogP contribution in [0.3, 0.4) is 0 Å². The summed E-state index contributed by atoms with van der Waals surface area (Å²) in [6.07, 6.45) is 3.61. The molecule has 1 saturated heterocycles. The van der Waals surface area contributed by atoms with Crippen molar-refractivity contribution < 1.29 is 14.6 Å². The van der Waals surface area contributed by atoms with Crippen molar-refractivity contribution in [3.8, 4) is 5.75 Å². The number of fused-ring (bicyclic) bond motifs is 2. The molecule has 29 heavy (non-hydrogen) atoms. The molecule has 1 spiro atoms. The lowest BCUT2D eigenvalue weighted by Crippen LogP contribution is -2.58. The van der Waals surface area contributed by atoms with Gasteiger partial charge in [0.1, 0.15) is 5.75 Å². The first-order valence-electron chi connectivity index (χ1n) is 11.0. The van der Waals surface area contributed by atoms with Crippen LogP contribution >= 0.6 is 0 Å². The van der Waals surface area contributed by atoms with Gasteiger partial charge in [0.25, 0.3) is 0 Å². The molecule has 1 heterocycles. The normalized spacial score (nSPS) is 34.9. The molecule has 0 radical (unpaired) electrons. The smallest absolute Gasteiger partial charge is 0.219 e. The summed E-state index contributed by atoms with van der Waals surface area (Å²) in [5.74, 6) is 1.34. The van der Waals surface area contributed by atoms with Crippen molar-refractivity contribution in [2.75, 3.05) is 6.61 Å². The molecule has 4 nitrogen and oxygen atoms in total. The molecule has 4 heteroatoms. The first-order valence-corrected chi connectivity index (χ1v) is 11.0. The van der Waals surface area contributed by atoms with Gasteiger partial charge >= 0.3 is 0 Å². The Morgan fingerprint density at radius 2 is 2.03 bits per heavy atom. The molecule has 2 saturated carbocycles. The van der Waals surface area contributed by atoms with E-state index in [1.54, 1.807) is 6.07 Å². The van der Waals surface area contributed by atoms with Gasteiger partial charge in [0, 0.05) is 24.6 Å². The number of amides is 1. The molecule has 2 aromatic rings. The molecule has 5 rings (SSSR count). The first kappa shape index (κ1) is 18.9. The van der Waals surface area contributed by atoms with E-state index in [0.717, 1.165) is 35.6 Å². The third-order valence-electron chi connectivity index (χ3n) is 8.36. The van der Waals surface area contributed by atoms with Crippen LogP contribution in [0.5, 0.6) is 5.75 Å². The lowest BCUT2D eigenvalue weighted by atomic mass is 9.58. The van der Waals surface area contributed by atoms with Crippen molar-refractivity contribution in [3.05, 3.63) is 42.0 Å². The highest BCUT2D eigenvalue weighted by Crippen LogP contribution is 2.71. The summed E-state index contributed by atoms with van der Waals surface area (Å²) in [5, 5.41) is 16.5. The van der Waals surface area contributed by atoms with Crippen LogP contribution in [-0.4, -0.2) is 23.7 Å². The van der Waals surface area contributed by atoms with E-state index in [1.165, 1.54) is 0 Å². The summed E-state index contributed by atoms with van der Waals surface area (Å²) in [7, 11) is 0. The van der Waals surface area contributed by atoms with E-state index in [-0.39, 0.29) is 28.9 Å². The van der Waals surface area contributed by atoms with Crippen LogP contribution in [0.4, 0.5) is 0 Å². The van der Waals surface area contributed by atoms with Gasteiger partial charge in [-0.1, -0.05) is 51.1 Å². The summed E-state index contributed by atoms with van der Waals surface area (Å²) in [5.41, 5.74) is 1.06. The van der Waals surface area contributed by atoms with Crippen molar-refractivity contribution in [3.63, 3.8) is 0 Å². The number of nitrogens with one attached hydrogen (secondary N) is 1. The number of hydrogen-bond donors (Lipinski definition) is 2. The number of ether oxygens (including phenoxy) is 1. The van der Waals surface area contributed by atoms with Crippen LogP contribution in [0, 0.1) is 22.7 Å². The zero-order valence-corrected chi connectivity index (χ0v) is 17.6. The number of hydrogen-bond acceptors (Lipinski definition) is 3. The highest BCUT2D eigenvalue weighted by molar-refractivity contribution is 5.88. The Kier molecular flexibility index (Phi) is 4.22. The maximum atomic E-state index is 12.4.